The number of thioether (sulfide) groups is 1. The summed E-state index contributed by atoms with van der Waals surface area (Å²) in [5, 5.41) is 0.510. The number of rotatable bonds is 3. The average Bonchev–Trinajstić information content (AvgIpc) is 2.78. The smallest absolute Gasteiger partial charge is 0.128 e. The molecule has 5 N–H and O–H groups in total. The highest BCUT2D eigenvalue weighted by molar-refractivity contribution is 8.00. The molecule has 0 radical (unpaired) electrons. The number of nitrogens with one attached hydrogen (secondary N) is 1. The van der Waals surface area contributed by atoms with Gasteiger partial charge in [0.1, 0.15) is 5.82 Å². The number of hydrogen-bond acceptors (Lipinski definition) is 5. The summed E-state index contributed by atoms with van der Waals surface area (Å²) in [6.07, 6.45) is 4.23. The largest absolute Gasteiger partial charge is 0.383 e. The van der Waals surface area contributed by atoms with Gasteiger partial charge < -0.3 is 5.73 Å². The fourth-order valence-electron chi connectivity index (χ4n) is 2.11. The Morgan fingerprint density at radius 2 is 2.44 bits per heavy atom. The Balaban J connectivity index is 2.28. The predicted octanol–water partition coefficient (Wildman–Crippen LogP) is 1.37. The summed E-state index contributed by atoms with van der Waals surface area (Å²) in [5.74, 6) is 7.45. The maximum atomic E-state index is 5.92. The predicted molar refractivity (Wildman–Crippen MR) is 68.9 cm³/mol. The van der Waals surface area contributed by atoms with Crippen molar-refractivity contribution in [3.8, 4) is 0 Å². The third-order valence-electron chi connectivity index (χ3n) is 2.94. The second kappa shape index (κ2) is 5.03. The van der Waals surface area contributed by atoms with E-state index in [0.29, 0.717) is 11.1 Å². The van der Waals surface area contributed by atoms with Gasteiger partial charge in [0.05, 0.1) is 6.04 Å². The maximum absolute atomic E-state index is 5.92. The molecule has 1 aliphatic rings. The first-order valence-corrected chi connectivity index (χ1v) is 6.57. The van der Waals surface area contributed by atoms with E-state index in [-0.39, 0.29) is 6.04 Å². The minimum atomic E-state index is 0.111. The summed E-state index contributed by atoms with van der Waals surface area (Å²) in [6, 6.07) is 2.19. The molecule has 16 heavy (non-hydrogen) atoms. The molecule has 1 aliphatic heterocycles. The Morgan fingerprint density at radius 3 is 3.06 bits per heavy atom. The van der Waals surface area contributed by atoms with Gasteiger partial charge in [0.2, 0.25) is 0 Å². The molecule has 5 heteroatoms. The van der Waals surface area contributed by atoms with E-state index in [0.717, 1.165) is 11.1 Å². The number of hydrogen-bond donors (Lipinski definition) is 3. The molecular formula is C11H18N4S. The number of aromatic nitrogens is 1. The highest BCUT2D eigenvalue weighted by atomic mass is 32.2. The van der Waals surface area contributed by atoms with Gasteiger partial charge in [-0.25, -0.2) is 4.98 Å². The first-order chi connectivity index (χ1) is 7.72. The van der Waals surface area contributed by atoms with Gasteiger partial charge in [0.15, 0.2) is 0 Å². The quantitative estimate of drug-likeness (QED) is 0.548. The monoisotopic (exact) mass is 238 g/mol. The number of nitrogens with zero attached hydrogens (tertiary/aromatic N) is 1. The fourth-order valence-corrected chi connectivity index (χ4v) is 3.50. The van der Waals surface area contributed by atoms with E-state index in [1.165, 1.54) is 18.6 Å². The third kappa shape index (κ3) is 2.31. The summed E-state index contributed by atoms with van der Waals surface area (Å²) in [7, 11) is 0. The second-order valence-corrected chi connectivity index (χ2v) is 5.53. The van der Waals surface area contributed by atoms with Gasteiger partial charge in [-0.2, -0.15) is 11.8 Å². The van der Waals surface area contributed by atoms with Gasteiger partial charge in [-0.05, 0) is 37.1 Å². The molecule has 2 atom stereocenters. The highest BCUT2D eigenvalue weighted by Crippen LogP contribution is 2.37. The molecule has 2 rings (SSSR count). The van der Waals surface area contributed by atoms with Crippen LogP contribution in [0.25, 0.3) is 0 Å². The molecular weight excluding hydrogens is 220 g/mol. The van der Waals surface area contributed by atoms with Crippen LogP contribution in [0.5, 0.6) is 0 Å². The van der Waals surface area contributed by atoms with E-state index in [4.69, 9.17) is 11.6 Å². The third-order valence-corrected chi connectivity index (χ3v) is 4.40. The average molecular weight is 238 g/mol. The Bertz CT molecular complexity index is 363. The number of hydrazine groups is 1. The van der Waals surface area contributed by atoms with Crippen molar-refractivity contribution in [2.24, 2.45) is 5.84 Å². The van der Waals surface area contributed by atoms with Gasteiger partial charge in [0, 0.05) is 17.0 Å². The van der Waals surface area contributed by atoms with Gasteiger partial charge >= 0.3 is 0 Å². The lowest BCUT2D eigenvalue weighted by Crippen LogP contribution is -2.35. The summed E-state index contributed by atoms with van der Waals surface area (Å²) in [5.41, 5.74) is 11.0. The van der Waals surface area contributed by atoms with Crippen LogP contribution >= 0.6 is 11.8 Å². The zero-order valence-corrected chi connectivity index (χ0v) is 10.3. The Labute approximate surface area is 100 Å². The zero-order valence-electron chi connectivity index (χ0n) is 9.44. The molecule has 0 saturated carbocycles. The maximum Gasteiger partial charge on any atom is 0.128 e. The van der Waals surface area contributed by atoms with Crippen molar-refractivity contribution in [1.29, 1.82) is 0 Å². The van der Waals surface area contributed by atoms with Crippen LogP contribution in [0.3, 0.4) is 0 Å². The van der Waals surface area contributed by atoms with Crippen LogP contribution in [0.4, 0.5) is 5.82 Å². The van der Waals surface area contributed by atoms with Gasteiger partial charge in [0.25, 0.3) is 0 Å². The number of nitrogens with two attached hydrogens (primary N) is 2. The topological polar surface area (TPSA) is 77.0 Å². The summed E-state index contributed by atoms with van der Waals surface area (Å²) >= 11 is 1.96. The van der Waals surface area contributed by atoms with Crippen LogP contribution in [-0.2, 0) is 0 Å². The van der Waals surface area contributed by atoms with Crippen molar-refractivity contribution in [2.75, 3.05) is 11.5 Å². The lowest BCUT2D eigenvalue weighted by atomic mass is 10.0. The van der Waals surface area contributed by atoms with Crippen molar-refractivity contribution < 1.29 is 0 Å². The lowest BCUT2D eigenvalue weighted by Gasteiger charge is -2.23. The minimum absolute atomic E-state index is 0.111. The van der Waals surface area contributed by atoms with Gasteiger partial charge in [-0.3, -0.25) is 11.3 Å². The van der Waals surface area contributed by atoms with Crippen molar-refractivity contribution in [1.82, 2.24) is 10.4 Å². The summed E-state index contributed by atoms with van der Waals surface area (Å²) in [4.78, 5) is 4.19. The van der Waals surface area contributed by atoms with Crippen molar-refractivity contribution in [3.63, 3.8) is 0 Å². The summed E-state index contributed by atoms with van der Waals surface area (Å²) < 4.78 is 0. The molecule has 1 aromatic rings. The zero-order chi connectivity index (χ0) is 11.5. The molecule has 1 saturated heterocycles. The normalized spacial score (nSPS) is 22.2. The summed E-state index contributed by atoms with van der Waals surface area (Å²) in [6.45, 7) is 2.02. The Morgan fingerprint density at radius 1 is 1.62 bits per heavy atom. The van der Waals surface area contributed by atoms with E-state index in [9.17, 15) is 0 Å². The van der Waals surface area contributed by atoms with E-state index >= 15 is 0 Å². The molecule has 0 amide bonds. The molecule has 0 aromatic carbocycles. The Hall–Kier alpha value is -0.780. The van der Waals surface area contributed by atoms with Crippen LogP contribution in [-0.4, -0.2) is 16.0 Å². The second-order valence-electron chi connectivity index (χ2n) is 4.18. The Kier molecular flexibility index (Phi) is 3.68. The van der Waals surface area contributed by atoms with E-state index in [2.05, 4.69) is 16.5 Å². The number of pyridine rings is 1. The molecule has 2 heterocycles. The molecule has 0 bridgehead atoms. The molecule has 1 aromatic heterocycles. The van der Waals surface area contributed by atoms with Crippen LogP contribution < -0.4 is 17.0 Å². The molecule has 2 unspecified atom stereocenters. The number of anilines is 1. The number of aryl methyl sites for hydroxylation is 1. The molecule has 1 fully saturated rings. The van der Waals surface area contributed by atoms with Crippen molar-refractivity contribution in [2.45, 2.75) is 31.1 Å². The van der Waals surface area contributed by atoms with Crippen molar-refractivity contribution in [3.05, 3.63) is 23.4 Å². The molecule has 0 spiro atoms. The minimum Gasteiger partial charge on any atom is -0.383 e. The highest BCUT2D eigenvalue weighted by Gasteiger charge is 2.27. The molecule has 88 valence electrons. The van der Waals surface area contributed by atoms with E-state index in [1.807, 2.05) is 18.7 Å². The fraction of sp³-hybridized carbons (Fsp3) is 0.545. The van der Waals surface area contributed by atoms with Crippen LogP contribution in [0.1, 0.15) is 30.0 Å². The van der Waals surface area contributed by atoms with E-state index in [1.54, 1.807) is 6.20 Å². The van der Waals surface area contributed by atoms with Crippen LogP contribution in [0.2, 0.25) is 0 Å². The van der Waals surface area contributed by atoms with Gasteiger partial charge in [-0.1, -0.05) is 0 Å². The van der Waals surface area contributed by atoms with Crippen molar-refractivity contribution >= 4 is 17.6 Å². The van der Waals surface area contributed by atoms with Gasteiger partial charge in [-0.15, -0.1) is 0 Å². The van der Waals surface area contributed by atoms with E-state index < -0.39 is 0 Å². The molecule has 4 nitrogen and oxygen atoms in total. The van der Waals surface area contributed by atoms with Crippen LogP contribution in [0, 0.1) is 6.92 Å². The lowest BCUT2D eigenvalue weighted by molar-refractivity contribution is 0.520. The SMILES string of the molecule is Cc1cnc(N)c(C(NN)C2CCCS2)c1. The van der Waals surface area contributed by atoms with Crippen LogP contribution in [0.15, 0.2) is 12.3 Å². The first kappa shape index (κ1) is 11.7. The standard InChI is InChI=1S/C11H18N4S/c1-7-5-8(11(12)14-6-7)10(15-13)9-3-2-4-16-9/h5-6,9-10,15H,2-4,13H2,1H3,(H2,12,14). The molecule has 0 aliphatic carbocycles. The number of nitrogen functional groups attached to an aromatic ring is 1. The first-order valence-electron chi connectivity index (χ1n) is 5.52.